The molecule has 4 heterocycles. The van der Waals surface area contributed by atoms with Gasteiger partial charge < -0.3 is 28.6 Å². The third-order valence-corrected chi connectivity index (χ3v) is 6.36. The number of nitrogens with zero attached hydrogens (tertiary/aromatic N) is 2. The van der Waals surface area contributed by atoms with Gasteiger partial charge in [-0.3, -0.25) is 14.5 Å². The Hall–Kier alpha value is -3.30. The maximum Gasteiger partial charge on any atom is 0.295 e. The number of carbonyl (C=O) groups is 2. The molecular formula is C25H28N2O7. The van der Waals surface area contributed by atoms with Gasteiger partial charge in [0.05, 0.1) is 18.8 Å². The van der Waals surface area contributed by atoms with Gasteiger partial charge in [-0.25, -0.2) is 0 Å². The van der Waals surface area contributed by atoms with Gasteiger partial charge in [-0.15, -0.1) is 0 Å². The Morgan fingerprint density at radius 2 is 1.76 bits per heavy atom. The number of ketones is 1. The zero-order valence-electron chi connectivity index (χ0n) is 19.1. The number of ether oxygens (including phenoxy) is 3. The molecule has 1 aromatic heterocycles. The lowest BCUT2D eigenvalue weighted by Crippen LogP contribution is -2.38. The van der Waals surface area contributed by atoms with Crippen molar-refractivity contribution in [2.45, 2.75) is 19.4 Å². The summed E-state index contributed by atoms with van der Waals surface area (Å²) in [6.07, 6.45) is 0.688. The van der Waals surface area contributed by atoms with Crippen molar-refractivity contribution in [3.8, 4) is 11.5 Å². The fourth-order valence-corrected chi connectivity index (χ4v) is 4.64. The molecule has 1 N–H and O–H groups in total. The maximum atomic E-state index is 13.1. The highest BCUT2D eigenvalue weighted by molar-refractivity contribution is 6.46. The molecule has 9 nitrogen and oxygen atoms in total. The highest BCUT2D eigenvalue weighted by Gasteiger charge is 2.47. The second kappa shape index (κ2) is 9.52. The van der Waals surface area contributed by atoms with Crippen LogP contribution in [0.25, 0.3) is 5.76 Å². The number of Topliss-reactive ketones (excluding diaryl/α,β-unsaturated/α-hetero) is 1. The fraction of sp³-hybridized carbons (Fsp3) is 0.440. The van der Waals surface area contributed by atoms with E-state index in [1.807, 2.05) is 0 Å². The second-order valence-electron chi connectivity index (χ2n) is 8.61. The number of amides is 1. The Kier molecular flexibility index (Phi) is 6.30. The zero-order valence-corrected chi connectivity index (χ0v) is 19.1. The molecule has 5 rings (SSSR count). The molecule has 1 atom stereocenters. The highest BCUT2D eigenvalue weighted by Crippen LogP contribution is 2.41. The number of hydrogen-bond donors (Lipinski definition) is 1. The number of benzene rings is 1. The quantitative estimate of drug-likeness (QED) is 0.392. The summed E-state index contributed by atoms with van der Waals surface area (Å²) in [6, 6.07) is 7.70. The standard InChI is InChI=1S/C25H28N2O7/c1-16-3-5-19(34-16)22-21(23(28)17-4-6-18-20(15-17)33-14-13-32-18)24(29)25(30)27(22)8-2-7-26-9-11-31-12-10-26/h3-6,15,22,28H,2,7-14H2,1H3/b23-21+/t22-/m1/s1. The Balaban J connectivity index is 1.46. The van der Waals surface area contributed by atoms with Crippen molar-refractivity contribution in [2.24, 2.45) is 0 Å². The second-order valence-corrected chi connectivity index (χ2v) is 8.61. The Bertz CT molecular complexity index is 1120. The number of aryl methyl sites for hydroxylation is 1. The molecule has 0 bridgehead atoms. The lowest BCUT2D eigenvalue weighted by Gasteiger charge is -2.28. The number of hydrogen-bond acceptors (Lipinski definition) is 8. The third kappa shape index (κ3) is 4.28. The summed E-state index contributed by atoms with van der Waals surface area (Å²) in [7, 11) is 0. The van der Waals surface area contributed by atoms with E-state index >= 15 is 0 Å². The van der Waals surface area contributed by atoms with Gasteiger partial charge in [0.2, 0.25) is 0 Å². The maximum absolute atomic E-state index is 13.1. The number of fused-ring (bicyclic) bond motifs is 1. The average Bonchev–Trinajstić information content (AvgIpc) is 3.40. The minimum atomic E-state index is -0.799. The molecular weight excluding hydrogens is 440 g/mol. The van der Waals surface area contributed by atoms with E-state index < -0.39 is 17.7 Å². The molecule has 2 saturated heterocycles. The van der Waals surface area contributed by atoms with Crippen LogP contribution in [0.15, 0.2) is 40.3 Å². The molecule has 9 heteroatoms. The van der Waals surface area contributed by atoms with Crippen LogP contribution in [0.3, 0.4) is 0 Å². The van der Waals surface area contributed by atoms with Crippen LogP contribution >= 0.6 is 0 Å². The Morgan fingerprint density at radius 3 is 2.50 bits per heavy atom. The number of likely N-dealkylation sites (tertiary alicyclic amines) is 1. The predicted octanol–water partition coefficient (Wildman–Crippen LogP) is 2.50. The van der Waals surface area contributed by atoms with E-state index in [0.29, 0.717) is 68.0 Å². The van der Waals surface area contributed by atoms with Crippen molar-refractivity contribution in [1.29, 1.82) is 0 Å². The fourth-order valence-electron chi connectivity index (χ4n) is 4.64. The van der Waals surface area contributed by atoms with Crippen LogP contribution in [0, 0.1) is 6.92 Å². The van der Waals surface area contributed by atoms with Crippen molar-refractivity contribution in [1.82, 2.24) is 9.80 Å². The van der Waals surface area contributed by atoms with Crippen LogP contribution < -0.4 is 9.47 Å². The van der Waals surface area contributed by atoms with Crippen molar-refractivity contribution in [3.05, 3.63) is 53.0 Å². The highest BCUT2D eigenvalue weighted by atomic mass is 16.6. The summed E-state index contributed by atoms with van der Waals surface area (Å²) >= 11 is 0. The van der Waals surface area contributed by atoms with Crippen LogP contribution in [0.2, 0.25) is 0 Å². The lowest BCUT2D eigenvalue weighted by atomic mass is 9.99. The van der Waals surface area contributed by atoms with Gasteiger partial charge in [-0.2, -0.15) is 0 Å². The lowest BCUT2D eigenvalue weighted by molar-refractivity contribution is -0.140. The smallest absolute Gasteiger partial charge is 0.295 e. The topological polar surface area (TPSA) is 102 Å². The SMILES string of the molecule is Cc1ccc([C@@H]2/C(=C(\O)c3ccc4c(c3)OCCO4)C(=O)C(=O)N2CCCN2CCOCC2)o1. The molecule has 0 saturated carbocycles. The number of carbonyl (C=O) groups excluding carboxylic acids is 2. The summed E-state index contributed by atoms with van der Waals surface area (Å²) in [4.78, 5) is 30.0. The van der Waals surface area contributed by atoms with Gasteiger partial charge in [-0.1, -0.05) is 0 Å². The van der Waals surface area contributed by atoms with E-state index in [1.54, 1.807) is 37.3 Å². The summed E-state index contributed by atoms with van der Waals surface area (Å²) in [5.41, 5.74) is 0.395. The van der Waals surface area contributed by atoms with Crippen molar-refractivity contribution >= 4 is 17.4 Å². The minimum absolute atomic E-state index is 0.0161. The molecule has 1 amide bonds. The summed E-state index contributed by atoms with van der Waals surface area (Å²) < 4.78 is 22.4. The molecule has 0 aliphatic carbocycles. The first-order valence-electron chi connectivity index (χ1n) is 11.6. The van der Waals surface area contributed by atoms with Crippen LogP contribution in [0.5, 0.6) is 11.5 Å². The molecule has 34 heavy (non-hydrogen) atoms. The first kappa shape index (κ1) is 22.5. The molecule has 0 unspecified atom stereocenters. The van der Waals surface area contributed by atoms with Gasteiger partial charge in [-0.05, 0) is 43.7 Å². The Labute approximate surface area is 197 Å². The van der Waals surface area contributed by atoms with Gasteiger partial charge in [0, 0.05) is 31.7 Å². The molecule has 0 radical (unpaired) electrons. The van der Waals surface area contributed by atoms with E-state index in [0.717, 1.165) is 19.6 Å². The van der Waals surface area contributed by atoms with Crippen molar-refractivity contribution in [3.63, 3.8) is 0 Å². The van der Waals surface area contributed by atoms with Crippen LogP contribution in [0.4, 0.5) is 0 Å². The first-order valence-corrected chi connectivity index (χ1v) is 11.6. The van der Waals surface area contributed by atoms with E-state index in [1.165, 1.54) is 4.90 Å². The molecule has 0 spiro atoms. The number of aliphatic hydroxyl groups is 1. The zero-order chi connectivity index (χ0) is 23.7. The average molecular weight is 469 g/mol. The third-order valence-electron chi connectivity index (χ3n) is 6.36. The molecule has 3 aliphatic rings. The van der Waals surface area contributed by atoms with Crippen molar-refractivity contribution < 1.29 is 33.3 Å². The van der Waals surface area contributed by atoms with Gasteiger partial charge in [0.1, 0.15) is 36.5 Å². The van der Waals surface area contributed by atoms with E-state index in [9.17, 15) is 14.7 Å². The van der Waals surface area contributed by atoms with Crippen LogP contribution in [-0.4, -0.2) is 79.2 Å². The van der Waals surface area contributed by atoms with Crippen LogP contribution in [-0.2, 0) is 14.3 Å². The molecule has 3 aliphatic heterocycles. The predicted molar refractivity (Wildman–Crippen MR) is 122 cm³/mol. The summed E-state index contributed by atoms with van der Waals surface area (Å²) in [5, 5.41) is 11.2. The van der Waals surface area contributed by atoms with Gasteiger partial charge in [0.15, 0.2) is 11.5 Å². The monoisotopic (exact) mass is 468 g/mol. The van der Waals surface area contributed by atoms with Crippen LogP contribution in [0.1, 0.15) is 29.5 Å². The summed E-state index contributed by atoms with van der Waals surface area (Å²) in [5.74, 6) is 0.545. The normalized spacial score (nSPS) is 22.4. The van der Waals surface area contributed by atoms with E-state index in [4.69, 9.17) is 18.6 Å². The molecule has 2 fully saturated rings. The summed E-state index contributed by atoms with van der Waals surface area (Å²) in [6.45, 7) is 6.91. The van der Waals surface area contributed by atoms with Gasteiger partial charge >= 0.3 is 0 Å². The Morgan fingerprint density at radius 1 is 1.00 bits per heavy atom. The van der Waals surface area contributed by atoms with Gasteiger partial charge in [0.25, 0.3) is 11.7 Å². The molecule has 2 aromatic rings. The number of aliphatic hydroxyl groups excluding tert-OH is 1. The number of morpholine rings is 1. The first-order chi connectivity index (χ1) is 16.5. The molecule has 180 valence electrons. The largest absolute Gasteiger partial charge is 0.507 e. The molecule has 1 aromatic carbocycles. The number of rotatable bonds is 6. The van der Waals surface area contributed by atoms with E-state index in [-0.39, 0.29) is 11.3 Å². The minimum Gasteiger partial charge on any atom is -0.507 e. The van der Waals surface area contributed by atoms with E-state index in [2.05, 4.69) is 4.90 Å². The van der Waals surface area contributed by atoms with Crippen molar-refractivity contribution in [2.75, 3.05) is 52.6 Å². The number of furan rings is 1.